The van der Waals surface area contributed by atoms with Gasteiger partial charge >= 0.3 is 0 Å². The van der Waals surface area contributed by atoms with E-state index in [1.807, 2.05) is 66.7 Å². The largest absolute Gasteiger partial charge is 0.342 e. The first-order valence-electron chi connectivity index (χ1n) is 10.7. The SMILES string of the molecule is Cc1cccc(NC(=O)c2ccc3ccccc3c2)c1C(=O)N[C@H](C=O)Cc1ccccc1. The molecule has 5 nitrogen and oxygen atoms in total. The zero-order chi connectivity index (χ0) is 23.2. The molecule has 0 aromatic heterocycles. The quantitative estimate of drug-likeness (QED) is 0.403. The summed E-state index contributed by atoms with van der Waals surface area (Å²) in [5.41, 5.74) is 2.88. The average Bonchev–Trinajstić information content (AvgIpc) is 2.84. The molecule has 0 aliphatic rings. The third-order valence-corrected chi connectivity index (χ3v) is 5.54. The predicted octanol–water partition coefficient (Wildman–Crippen LogP) is 4.94. The topological polar surface area (TPSA) is 75.3 Å². The summed E-state index contributed by atoms with van der Waals surface area (Å²) >= 11 is 0. The summed E-state index contributed by atoms with van der Waals surface area (Å²) in [4.78, 5) is 37.7. The van der Waals surface area contributed by atoms with E-state index >= 15 is 0 Å². The number of rotatable bonds is 7. The van der Waals surface area contributed by atoms with Crippen LogP contribution in [0.5, 0.6) is 0 Å². The highest BCUT2D eigenvalue weighted by Crippen LogP contribution is 2.22. The Morgan fingerprint density at radius 3 is 2.30 bits per heavy atom. The van der Waals surface area contributed by atoms with Gasteiger partial charge in [0.1, 0.15) is 6.29 Å². The van der Waals surface area contributed by atoms with E-state index in [9.17, 15) is 14.4 Å². The molecule has 0 unspecified atom stereocenters. The highest BCUT2D eigenvalue weighted by Gasteiger charge is 2.20. The van der Waals surface area contributed by atoms with Crippen molar-refractivity contribution in [2.45, 2.75) is 19.4 Å². The molecule has 2 N–H and O–H groups in total. The molecule has 33 heavy (non-hydrogen) atoms. The molecule has 164 valence electrons. The molecule has 1 atom stereocenters. The van der Waals surface area contributed by atoms with Gasteiger partial charge in [-0.25, -0.2) is 0 Å². The van der Waals surface area contributed by atoms with Gasteiger partial charge in [0.2, 0.25) is 0 Å². The maximum atomic E-state index is 13.1. The number of nitrogens with one attached hydrogen (secondary N) is 2. The highest BCUT2D eigenvalue weighted by atomic mass is 16.2. The van der Waals surface area contributed by atoms with E-state index in [0.717, 1.165) is 22.6 Å². The number of benzene rings is 4. The van der Waals surface area contributed by atoms with Crippen molar-refractivity contribution >= 4 is 34.6 Å². The maximum Gasteiger partial charge on any atom is 0.255 e. The minimum Gasteiger partial charge on any atom is -0.342 e. The van der Waals surface area contributed by atoms with Crippen molar-refractivity contribution in [3.8, 4) is 0 Å². The van der Waals surface area contributed by atoms with Gasteiger partial charge in [-0.05, 0) is 53.4 Å². The van der Waals surface area contributed by atoms with Crippen LogP contribution in [0, 0.1) is 6.92 Å². The van der Waals surface area contributed by atoms with Gasteiger partial charge in [0.15, 0.2) is 0 Å². The fraction of sp³-hybridized carbons (Fsp3) is 0.107. The Bertz CT molecular complexity index is 1320. The van der Waals surface area contributed by atoms with E-state index in [2.05, 4.69) is 10.6 Å². The van der Waals surface area contributed by atoms with Crippen LogP contribution in [0.1, 0.15) is 31.8 Å². The van der Waals surface area contributed by atoms with Crippen LogP contribution in [0.25, 0.3) is 10.8 Å². The summed E-state index contributed by atoms with van der Waals surface area (Å²) in [6.07, 6.45) is 1.12. The fourth-order valence-corrected chi connectivity index (χ4v) is 3.84. The third kappa shape index (κ3) is 5.15. The van der Waals surface area contributed by atoms with Crippen LogP contribution >= 0.6 is 0 Å². The van der Waals surface area contributed by atoms with Gasteiger partial charge in [-0.15, -0.1) is 0 Å². The molecule has 0 fully saturated rings. The Morgan fingerprint density at radius 1 is 0.818 bits per heavy atom. The molecular formula is C28H24N2O3. The number of anilines is 1. The highest BCUT2D eigenvalue weighted by molar-refractivity contribution is 6.11. The van der Waals surface area contributed by atoms with Gasteiger partial charge in [0.05, 0.1) is 17.3 Å². The summed E-state index contributed by atoms with van der Waals surface area (Å²) < 4.78 is 0. The molecular weight excluding hydrogens is 412 g/mol. The van der Waals surface area contributed by atoms with Crippen molar-refractivity contribution < 1.29 is 14.4 Å². The zero-order valence-electron chi connectivity index (χ0n) is 18.2. The summed E-state index contributed by atoms with van der Waals surface area (Å²) in [7, 11) is 0. The Kier molecular flexibility index (Phi) is 6.60. The minimum atomic E-state index is -0.677. The lowest BCUT2D eigenvalue weighted by atomic mass is 10.0. The number of aryl methyl sites for hydroxylation is 1. The molecule has 4 aromatic rings. The van der Waals surface area contributed by atoms with Gasteiger partial charge in [-0.2, -0.15) is 0 Å². The van der Waals surface area contributed by atoms with Crippen molar-refractivity contribution in [3.05, 3.63) is 113 Å². The van der Waals surface area contributed by atoms with E-state index in [1.165, 1.54) is 0 Å². The molecule has 0 bridgehead atoms. The van der Waals surface area contributed by atoms with Crippen molar-refractivity contribution in [2.75, 3.05) is 5.32 Å². The number of carbonyl (C=O) groups is 3. The maximum absolute atomic E-state index is 13.1. The first-order valence-corrected chi connectivity index (χ1v) is 10.7. The molecule has 0 heterocycles. The van der Waals surface area contributed by atoms with Crippen LogP contribution in [0.15, 0.2) is 91.0 Å². The number of hydrogen-bond donors (Lipinski definition) is 2. The standard InChI is InChI=1S/C28H24N2O3/c1-19-8-7-13-25(30-27(32)23-15-14-21-11-5-6-12-22(21)17-23)26(19)28(33)29-24(18-31)16-20-9-3-2-4-10-20/h2-15,17-18,24H,16H2,1H3,(H,29,33)(H,30,32)/t24-/m0/s1. The van der Waals surface area contributed by atoms with Crippen molar-refractivity contribution in [1.82, 2.24) is 5.32 Å². The molecule has 2 amide bonds. The van der Waals surface area contributed by atoms with Gasteiger partial charge in [0.25, 0.3) is 11.8 Å². The third-order valence-electron chi connectivity index (χ3n) is 5.54. The molecule has 0 aliphatic heterocycles. The van der Waals surface area contributed by atoms with E-state index in [1.54, 1.807) is 31.2 Å². The van der Waals surface area contributed by atoms with Crippen LogP contribution in [0.2, 0.25) is 0 Å². The van der Waals surface area contributed by atoms with E-state index in [4.69, 9.17) is 0 Å². The molecule has 4 rings (SSSR count). The number of fused-ring (bicyclic) bond motifs is 1. The van der Waals surface area contributed by atoms with Gasteiger partial charge in [0, 0.05) is 5.56 Å². The van der Waals surface area contributed by atoms with Gasteiger partial charge in [-0.1, -0.05) is 72.8 Å². The smallest absolute Gasteiger partial charge is 0.255 e. The summed E-state index contributed by atoms with van der Waals surface area (Å²) in [5, 5.41) is 7.66. The molecule has 0 saturated carbocycles. The van der Waals surface area contributed by atoms with Crippen molar-refractivity contribution in [3.63, 3.8) is 0 Å². The normalized spacial score (nSPS) is 11.5. The summed E-state index contributed by atoms with van der Waals surface area (Å²) in [5.74, 6) is -0.716. The summed E-state index contributed by atoms with van der Waals surface area (Å²) in [6, 6.07) is 27.4. The molecule has 4 aromatic carbocycles. The number of carbonyl (C=O) groups excluding carboxylic acids is 3. The Morgan fingerprint density at radius 2 is 1.55 bits per heavy atom. The second kappa shape index (κ2) is 9.92. The molecule has 0 spiro atoms. The monoisotopic (exact) mass is 436 g/mol. The first kappa shape index (κ1) is 22.0. The number of amides is 2. The van der Waals surface area contributed by atoms with Crippen LogP contribution in [-0.2, 0) is 11.2 Å². The van der Waals surface area contributed by atoms with Crippen LogP contribution in [-0.4, -0.2) is 24.1 Å². The second-order valence-electron chi connectivity index (χ2n) is 7.92. The average molecular weight is 437 g/mol. The zero-order valence-corrected chi connectivity index (χ0v) is 18.2. The Labute approximate surface area is 192 Å². The molecule has 0 saturated heterocycles. The van der Waals surface area contributed by atoms with Gasteiger partial charge in [-0.3, -0.25) is 9.59 Å². The van der Waals surface area contributed by atoms with Crippen molar-refractivity contribution in [1.29, 1.82) is 0 Å². The first-order chi connectivity index (χ1) is 16.0. The Balaban J connectivity index is 1.55. The van der Waals surface area contributed by atoms with Crippen LogP contribution < -0.4 is 10.6 Å². The second-order valence-corrected chi connectivity index (χ2v) is 7.92. The van der Waals surface area contributed by atoms with Crippen LogP contribution in [0.3, 0.4) is 0 Å². The minimum absolute atomic E-state index is 0.309. The fourth-order valence-electron chi connectivity index (χ4n) is 3.84. The Hall–Kier alpha value is -4.25. The van der Waals surface area contributed by atoms with Crippen molar-refractivity contribution in [2.24, 2.45) is 0 Å². The lowest BCUT2D eigenvalue weighted by Crippen LogP contribution is -2.38. The molecule has 0 aliphatic carbocycles. The van der Waals surface area contributed by atoms with Gasteiger partial charge < -0.3 is 15.4 Å². The van der Waals surface area contributed by atoms with Crippen LogP contribution in [0.4, 0.5) is 5.69 Å². The van der Waals surface area contributed by atoms with E-state index < -0.39 is 11.9 Å². The molecule has 0 radical (unpaired) electrons. The number of aldehydes is 1. The van der Waals surface area contributed by atoms with E-state index in [-0.39, 0.29) is 5.91 Å². The number of hydrogen-bond acceptors (Lipinski definition) is 3. The molecule has 5 heteroatoms. The predicted molar refractivity (Wildman–Crippen MR) is 131 cm³/mol. The summed E-state index contributed by atoms with van der Waals surface area (Å²) in [6.45, 7) is 1.80. The lowest BCUT2D eigenvalue weighted by Gasteiger charge is -2.17. The van der Waals surface area contributed by atoms with E-state index in [0.29, 0.717) is 28.8 Å². The lowest BCUT2D eigenvalue weighted by molar-refractivity contribution is -0.109.